The quantitative estimate of drug-likeness (QED) is 0.594. The zero-order valence-electron chi connectivity index (χ0n) is 19.8. The van der Waals surface area contributed by atoms with Crippen LogP contribution < -0.4 is 11.1 Å². The number of halogens is 1. The number of nitrogens with two attached hydrogens (primary N) is 1. The van der Waals surface area contributed by atoms with E-state index in [1.54, 1.807) is 12.1 Å². The molecule has 0 radical (unpaired) electrons. The number of ether oxygens (including phenoxy) is 1. The minimum Gasteiger partial charge on any atom is -0.469 e. The summed E-state index contributed by atoms with van der Waals surface area (Å²) in [5.41, 5.74) is 8.99. The number of fused-ring (bicyclic) bond motifs is 1. The number of aryl methyl sites for hydroxylation is 2. The predicted octanol–water partition coefficient (Wildman–Crippen LogP) is 3.59. The summed E-state index contributed by atoms with van der Waals surface area (Å²) in [6.45, 7) is 3.77. The standard InChI is InChI=1S/C26H23FN4O4S/c1-13-7-8-18(14(2)9-13)30-24(33)22-21(15-5-4-6-16(27)10-15)17(12-28)23(29)31-25(34)19(36-26(22)31)11-20(32)35-3/h4-10,19,21H,11,29H2,1-3H3,(H,30,33). The molecule has 10 heteroatoms. The molecule has 4 rings (SSSR count). The molecule has 2 aliphatic rings. The third-order valence-electron chi connectivity index (χ3n) is 6.03. The van der Waals surface area contributed by atoms with E-state index in [-0.39, 0.29) is 28.4 Å². The molecular weight excluding hydrogens is 483 g/mol. The summed E-state index contributed by atoms with van der Waals surface area (Å²) >= 11 is 0.996. The SMILES string of the molecule is COC(=O)CC1SC2=C(C(=O)Nc3ccc(C)cc3C)C(c3cccc(F)c3)C(C#N)=C(N)N2C1=O. The summed E-state index contributed by atoms with van der Waals surface area (Å²) in [4.78, 5) is 40.1. The highest BCUT2D eigenvalue weighted by Gasteiger charge is 2.48. The molecule has 2 unspecified atom stereocenters. The summed E-state index contributed by atoms with van der Waals surface area (Å²) in [6.07, 6.45) is -0.244. The van der Waals surface area contributed by atoms with Crippen LogP contribution >= 0.6 is 11.8 Å². The molecular formula is C26H23FN4O4S. The van der Waals surface area contributed by atoms with Crippen LogP contribution in [-0.4, -0.2) is 35.0 Å². The summed E-state index contributed by atoms with van der Waals surface area (Å²) in [7, 11) is 1.21. The van der Waals surface area contributed by atoms with E-state index in [1.807, 2.05) is 32.0 Å². The molecule has 1 fully saturated rings. The first-order chi connectivity index (χ1) is 17.2. The van der Waals surface area contributed by atoms with Crippen molar-refractivity contribution >= 4 is 35.2 Å². The van der Waals surface area contributed by atoms with E-state index in [1.165, 1.54) is 25.3 Å². The van der Waals surface area contributed by atoms with Crippen LogP contribution in [0, 0.1) is 31.0 Å². The summed E-state index contributed by atoms with van der Waals surface area (Å²) in [5, 5.41) is 12.2. The van der Waals surface area contributed by atoms with Crippen LogP contribution in [0.4, 0.5) is 10.1 Å². The van der Waals surface area contributed by atoms with Crippen LogP contribution in [0.1, 0.15) is 29.0 Å². The van der Waals surface area contributed by atoms with E-state index in [9.17, 15) is 24.0 Å². The Labute approximate surface area is 211 Å². The number of amides is 2. The number of methoxy groups -OCH3 is 1. The fourth-order valence-electron chi connectivity index (χ4n) is 4.31. The van der Waals surface area contributed by atoms with E-state index in [0.29, 0.717) is 11.3 Å². The van der Waals surface area contributed by atoms with Gasteiger partial charge < -0.3 is 15.8 Å². The molecule has 8 nitrogen and oxygen atoms in total. The average Bonchev–Trinajstić information content (AvgIpc) is 3.16. The number of nitriles is 1. The van der Waals surface area contributed by atoms with E-state index >= 15 is 0 Å². The second-order valence-electron chi connectivity index (χ2n) is 8.45. The lowest BCUT2D eigenvalue weighted by Crippen LogP contribution is -2.39. The Morgan fingerprint density at radius 3 is 2.64 bits per heavy atom. The molecule has 2 aromatic carbocycles. The Hall–Kier alpha value is -4.10. The monoisotopic (exact) mass is 506 g/mol. The molecule has 1 saturated heterocycles. The number of anilines is 1. The van der Waals surface area contributed by atoms with Gasteiger partial charge in [-0.2, -0.15) is 5.26 Å². The van der Waals surface area contributed by atoms with Crippen LogP contribution in [-0.2, 0) is 19.1 Å². The van der Waals surface area contributed by atoms with Crippen molar-refractivity contribution < 1.29 is 23.5 Å². The zero-order chi connectivity index (χ0) is 26.1. The van der Waals surface area contributed by atoms with Gasteiger partial charge in [0.15, 0.2) is 0 Å². The lowest BCUT2D eigenvalue weighted by atomic mass is 9.82. The topological polar surface area (TPSA) is 126 Å². The minimum atomic E-state index is -1.03. The third kappa shape index (κ3) is 4.45. The Kier molecular flexibility index (Phi) is 6.86. The molecule has 36 heavy (non-hydrogen) atoms. The maximum atomic E-state index is 14.2. The molecule has 2 aliphatic heterocycles. The molecule has 3 N–H and O–H groups in total. The van der Waals surface area contributed by atoms with E-state index < -0.39 is 34.8 Å². The molecule has 0 aromatic heterocycles. The molecule has 2 aromatic rings. The molecule has 0 aliphatic carbocycles. The first-order valence-electron chi connectivity index (χ1n) is 11.0. The number of carbonyl (C=O) groups excluding carboxylic acids is 3. The van der Waals surface area contributed by atoms with Crippen LogP contribution in [0.15, 0.2) is 64.5 Å². The van der Waals surface area contributed by atoms with Gasteiger partial charge in [-0.1, -0.05) is 41.6 Å². The number of allylic oxidation sites excluding steroid dienone is 1. The summed E-state index contributed by atoms with van der Waals surface area (Å²) in [6, 6.07) is 13.1. The lowest BCUT2D eigenvalue weighted by molar-refractivity contribution is -0.142. The second kappa shape index (κ2) is 9.87. The molecule has 2 amide bonds. The normalized spacial score (nSPS) is 19.2. The molecule has 0 spiro atoms. The molecule has 184 valence electrons. The lowest BCUT2D eigenvalue weighted by Gasteiger charge is -2.32. The van der Waals surface area contributed by atoms with Crippen LogP contribution in [0.3, 0.4) is 0 Å². The van der Waals surface area contributed by atoms with Gasteiger partial charge in [0.2, 0.25) is 5.91 Å². The number of nitrogens with zero attached hydrogens (tertiary/aromatic N) is 2. The van der Waals surface area contributed by atoms with Crippen LogP contribution in [0.5, 0.6) is 0 Å². The number of esters is 1. The van der Waals surface area contributed by atoms with Gasteiger partial charge in [0.25, 0.3) is 5.91 Å². The minimum absolute atomic E-state index is 0.0667. The maximum absolute atomic E-state index is 14.2. The van der Waals surface area contributed by atoms with Crippen molar-refractivity contribution in [3.63, 3.8) is 0 Å². The van der Waals surface area contributed by atoms with Crippen molar-refractivity contribution in [2.24, 2.45) is 5.73 Å². The Morgan fingerprint density at radius 1 is 1.25 bits per heavy atom. The van der Waals surface area contributed by atoms with Gasteiger partial charge in [-0.25, -0.2) is 4.39 Å². The first kappa shape index (κ1) is 25.0. The van der Waals surface area contributed by atoms with Gasteiger partial charge in [0.1, 0.15) is 16.9 Å². The number of benzene rings is 2. The number of hydrogen-bond donors (Lipinski definition) is 2. The summed E-state index contributed by atoms with van der Waals surface area (Å²) < 4.78 is 18.9. The zero-order valence-corrected chi connectivity index (χ0v) is 20.6. The highest BCUT2D eigenvalue weighted by atomic mass is 32.2. The third-order valence-corrected chi connectivity index (χ3v) is 7.31. The summed E-state index contributed by atoms with van der Waals surface area (Å²) in [5.74, 6) is -3.46. The van der Waals surface area contributed by atoms with E-state index in [2.05, 4.69) is 5.32 Å². The number of nitrogens with one attached hydrogen (secondary N) is 1. The van der Waals surface area contributed by atoms with E-state index in [4.69, 9.17) is 10.5 Å². The van der Waals surface area contributed by atoms with Crippen molar-refractivity contribution in [1.29, 1.82) is 5.26 Å². The maximum Gasteiger partial charge on any atom is 0.307 e. The Bertz CT molecular complexity index is 1390. The predicted molar refractivity (Wildman–Crippen MR) is 132 cm³/mol. The Balaban J connectivity index is 1.89. The second-order valence-corrected chi connectivity index (χ2v) is 9.64. The van der Waals surface area contributed by atoms with Crippen LogP contribution in [0.2, 0.25) is 0 Å². The highest BCUT2D eigenvalue weighted by Crippen LogP contribution is 2.50. The average molecular weight is 507 g/mol. The van der Waals surface area contributed by atoms with Gasteiger partial charge in [0, 0.05) is 5.69 Å². The smallest absolute Gasteiger partial charge is 0.307 e. The van der Waals surface area contributed by atoms with Gasteiger partial charge in [0.05, 0.1) is 41.7 Å². The van der Waals surface area contributed by atoms with Crippen molar-refractivity contribution in [2.45, 2.75) is 31.4 Å². The van der Waals surface area contributed by atoms with Crippen molar-refractivity contribution in [3.05, 3.63) is 87.0 Å². The molecule has 2 heterocycles. The van der Waals surface area contributed by atoms with E-state index in [0.717, 1.165) is 27.8 Å². The largest absolute Gasteiger partial charge is 0.469 e. The van der Waals surface area contributed by atoms with Gasteiger partial charge in [-0.3, -0.25) is 19.3 Å². The fourth-order valence-corrected chi connectivity index (χ4v) is 5.63. The first-order valence-corrected chi connectivity index (χ1v) is 11.9. The van der Waals surface area contributed by atoms with Gasteiger partial charge in [-0.05, 0) is 43.2 Å². The number of hydrogen-bond acceptors (Lipinski definition) is 7. The van der Waals surface area contributed by atoms with Crippen molar-refractivity contribution in [1.82, 2.24) is 4.90 Å². The van der Waals surface area contributed by atoms with Crippen molar-refractivity contribution in [2.75, 3.05) is 12.4 Å². The number of thioether (sulfide) groups is 1. The molecule has 2 atom stereocenters. The van der Waals surface area contributed by atoms with Crippen LogP contribution in [0.25, 0.3) is 0 Å². The Morgan fingerprint density at radius 2 is 2.00 bits per heavy atom. The fraction of sp³-hybridized carbons (Fsp3) is 0.231. The number of carbonyl (C=O) groups is 3. The molecule has 0 saturated carbocycles. The van der Waals surface area contributed by atoms with Gasteiger partial charge >= 0.3 is 5.97 Å². The van der Waals surface area contributed by atoms with Gasteiger partial charge in [-0.15, -0.1) is 0 Å². The molecule has 0 bridgehead atoms. The van der Waals surface area contributed by atoms with Crippen molar-refractivity contribution in [3.8, 4) is 6.07 Å². The highest BCUT2D eigenvalue weighted by molar-refractivity contribution is 8.04. The number of rotatable bonds is 5.